The largest absolute Gasteiger partial charge is 0.494 e. The first-order valence-corrected chi connectivity index (χ1v) is 12.6. The van der Waals surface area contributed by atoms with Crippen LogP contribution < -0.4 is 20.1 Å². The summed E-state index contributed by atoms with van der Waals surface area (Å²) in [6.07, 6.45) is -5.93. The van der Waals surface area contributed by atoms with Gasteiger partial charge in [0.05, 0.1) is 19.8 Å². The number of benzene rings is 1. The first-order valence-electron chi connectivity index (χ1n) is 12.6. The van der Waals surface area contributed by atoms with Crippen molar-refractivity contribution in [2.24, 2.45) is 0 Å². The quantitative estimate of drug-likeness (QED) is 0.152. The molecule has 8 N–H and O–H groups in total. The lowest BCUT2D eigenvalue weighted by atomic mass is 9.98. The van der Waals surface area contributed by atoms with E-state index in [1.54, 1.807) is 0 Å². The number of nitrogens with one attached hydrogen (secondary N) is 3. The molecule has 13 heteroatoms. The molecule has 0 aliphatic carbocycles. The van der Waals surface area contributed by atoms with E-state index < -0.39 is 37.3 Å². The van der Waals surface area contributed by atoms with Gasteiger partial charge in [-0.25, -0.2) is 4.79 Å². The van der Waals surface area contributed by atoms with Crippen LogP contribution in [0.2, 0.25) is 0 Å². The Hall–Kier alpha value is -2.94. The summed E-state index contributed by atoms with van der Waals surface area (Å²) in [5.74, 6) is 0.952. The molecular weight excluding hydrogens is 500 g/mol. The van der Waals surface area contributed by atoms with Gasteiger partial charge in [-0.1, -0.05) is 26.0 Å². The van der Waals surface area contributed by atoms with E-state index in [9.17, 15) is 25.2 Å². The second-order valence-electron chi connectivity index (χ2n) is 9.32. The third-order valence-corrected chi connectivity index (χ3v) is 6.09. The molecule has 38 heavy (non-hydrogen) atoms. The van der Waals surface area contributed by atoms with Crippen molar-refractivity contribution in [3.8, 4) is 11.6 Å². The number of aliphatic hydroxyl groups excluding tert-OH is 5. The van der Waals surface area contributed by atoms with Gasteiger partial charge in [-0.3, -0.25) is 5.10 Å². The molecule has 1 saturated heterocycles. The molecule has 5 atom stereocenters. The molecule has 2 heterocycles. The fourth-order valence-corrected chi connectivity index (χ4v) is 3.99. The molecule has 13 nitrogen and oxygen atoms in total. The minimum Gasteiger partial charge on any atom is -0.494 e. The molecule has 0 unspecified atom stereocenters. The fourth-order valence-electron chi connectivity index (χ4n) is 3.99. The van der Waals surface area contributed by atoms with E-state index in [0.717, 1.165) is 16.8 Å². The first-order chi connectivity index (χ1) is 18.2. The highest BCUT2D eigenvalue weighted by atomic mass is 16.7. The zero-order chi connectivity index (χ0) is 27.7. The zero-order valence-electron chi connectivity index (χ0n) is 21.5. The molecule has 1 fully saturated rings. The van der Waals surface area contributed by atoms with Crippen LogP contribution in [0.25, 0.3) is 0 Å². The van der Waals surface area contributed by atoms with E-state index in [2.05, 4.69) is 20.8 Å². The van der Waals surface area contributed by atoms with Crippen molar-refractivity contribution in [3.05, 3.63) is 41.1 Å². The number of ether oxygens (including phenoxy) is 3. The lowest BCUT2D eigenvalue weighted by Crippen LogP contribution is -2.60. The van der Waals surface area contributed by atoms with Gasteiger partial charge >= 0.3 is 6.03 Å². The molecule has 1 aliphatic heterocycles. The summed E-state index contributed by atoms with van der Waals surface area (Å²) in [5.41, 5.74) is 2.53. The third-order valence-electron chi connectivity index (χ3n) is 6.09. The number of urea groups is 1. The highest BCUT2D eigenvalue weighted by molar-refractivity contribution is 5.73. The Labute approximate surface area is 220 Å². The second-order valence-corrected chi connectivity index (χ2v) is 9.32. The molecule has 0 saturated carbocycles. The summed E-state index contributed by atoms with van der Waals surface area (Å²) >= 11 is 0. The minimum absolute atomic E-state index is 0.0894. The number of hydrogen-bond donors (Lipinski definition) is 8. The van der Waals surface area contributed by atoms with Gasteiger partial charge in [0.1, 0.15) is 30.2 Å². The van der Waals surface area contributed by atoms with Crippen molar-refractivity contribution >= 4 is 6.03 Å². The highest BCUT2D eigenvalue weighted by Gasteiger charge is 2.45. The monoisotopic (exact) mass is 538 g/mol. The summed E-state index contributed by atoms with van der Waals surface area (Å²) in [6, 6.07) is 7.15. The predicted octanol–water partition coefficient (Wildman–Crippen LogP) is -0.637. The van der Waals surface area contributed by atoms with Crippen LogP contribution in [0.4, 0.5) is 4.79 Å². The van der Waals surface area contributed by atoms with Crippen molar-refractivity contribution in [2.75, 3.05) is 32.9 Å². The van der Waals surface area contributed by atoms with E-state index in [4.69, 9.17) is 19.3 Å². The topological polar surface area (TPSA) is 199 Å². The molecule has 0 bridgehead atoms. The maximum absolute atomic E-state index is 11.4. The molecule has 1 aromatic carbocycles. The molecule has 0 spiro atoms. The number of carbonyl (C=O) groups is 1. The molecule has 212 valence electrons. The lowest BCUT2D eigenvalue weighted by Gasteiger charge is -2.39. The number of carbonyl (C=O) groups excluding carboxylic acids is 1. The van der Waals surface area contributed by atoms with Crippen LogP contribution in [0.3, 0.4) is 0 Å². The standard InChI is InChI=1S/C25H38N4O9/c1-14(2)19-17(23(29-28-19)38-24-22(34)21(33)20(32)18(13-31)37-24)12-15-4-6-16(7-5-15)36-11-3-8-26-25(35)27-9-10-30/h4-7,14,18,20-22,24,30-34H,3,8-13H2,1-2H3,(H,28,29)(H2,26,27,35)/t18-,20-,21+,22-,24+/m1/s1. The SMILES string of the molecule is CC(C)c1[nH]nc(O[C@@H]2O[C@H](CO)[C@@H](O)[C@H](O)[C@H]2O)c1Cc1ccc(OCCCNC(=O)NCCO)cc1. The molecule has 1 aromatic heterocycles. The number of amides is 2. The third kappa shape index (κ3) is 7.79. The Morgan fingerprint density at radius 1 is 1.08 bits per heavy atom. The first kappa shape index (κ1) is 29.6. The van der Waals surface area contributed by atoms with Crippen LogP contribution in [-0.4, -0.2) is 105 Å². The summed E-state index contributed by atoms with van der Waals surface area (Å²) in [5, 5.41) is 61.0. The van der Waals surface area contributed by atoms with Gasteiger partial charge in [0.15, 0.2) is 0 Å². The number of aromatic nitrogens is 2. The van der Waals surface area contributed by atoms with Crippen molar-refractivity contribution in [3.63, 3.8) is 0 Å². The average Bonchev–Trinajstić information content (AvgIpc) is 3.30. The maximum Gasteiger partial charge on any atom is 0.314 e. The van der Waals surface area contributed by atoms with Gasteiger partial charge in [-0.2, -0.15) is 0 Å². The van der Waals surface area contributed by atoms with Crippen molar-refractivity contribution in [1.29, 1.82) is 0 Å². The number of nitrogens with zero attached hydrogens (tertiary/aromatic N) is 1. The molecule has 2 amide bonds. The minimum atomic E-state index is -1.55. The van der Waals surface area contributed by atoms with E-state index in [-0.39, 0.29) is 31.0 Å². The van der Waals surface area contributed by atoms with E-state index in [0.29, 0.717) is 31.7 Å². The molecule has 2 aromatic rings. The Balaban J connectivity index is 1.59. The smallest absolute Gasteiger partial charge is 0.314 e. The van der Waals surface area contributed by atoms with Gasteiger partial charge in [-0.05, 0) is 30.0 Å². The van der Waals surface area contributed by atoms with Crippen LogP contribution in [0.5, 0.6) is 11.6 Å². The van der Waals surface area contributed by atoms with Crippen LogP contribution in [0.15, 0.2) is 24.3 Å². The fraction of sp³-hybridized carbons (Fsp3) is 0.600. The summed E-state index contributed by atoms with van der Waals surface area (Å²) in [6.45, 7) is 4.38. The molecule has 3 rings (SSSR count). The highest BCUT2D eigenvalue weighted by Crippen LogP contribution is 2.31. The van der Waals surface area contributed by atoms with Gasteiger partial charge in [0.25, 0.3) is 0 Å². The Morgan fingerprint density at radius 2 is 1.79 bits per heavy atom. The van der Waals surface area contributed by atoms with Crippen molar-refractivity contribution in [1.82, 2.24) is 20.8 Å². The summed E-state index contributed by atoms with van der Waals surface area (Å²) in [7, 11) is 0. The molecular formula is C25H38N4O9. The van der Waals surface area contributed by atoms with Gasteiger partial charge in [0, 0.05) is 30.8 Å². The van der Waals surface area contributed by atoms with Gasteiger partial charge < -0.3 is 50.4 Å². The molecule has 1 aliphatic rings. The average molecular weight is 539 g/mol. The van der Waals surface area contributed by atoms with Crippen LogP contribution in [0.1, 0.15) is 43.0 Å². The second kappa shape index (κ2) is 14.3. The normalized spacial score (nSPS) is 23.3. The summed E-state index contributed by atoms with van der Waals surface area (Å²) in [4.78, 5) is 11.4. The maximum atomic E-state index is 11.4. The number of rotatable bonds is 13. The van der Waals surface area contributed by atoms with E-state index in [1.165, 1.54) is 0 Å². The molecule has 0 radical (unpaired) electrons. The number of H-pyrrole nitrogens is 1. The van der Waals surface area contributed by atoms with Crippen LogP contribution in [-0.2, 0) is 11.2 Å². The number of aliphatic hydroxyl groups is 5. The Morgan fingerprint density at radius 3 is 2.45 bits per heavy atom. The van der Waals surface area contributed by atoms with Gasteiger partial charge in [0.2, 0.25) is 12.2 Å². The van der Waals surface area contributed by atoms with Crippen LogP contribution in [0, 0.1) is 0 Å². The predicted molar refractivity (Wildman–Crippen MR) is 135 cm³/mol. The number of hydrogen-bond acceptors (Lipinski definition) is 10. The zero-order valence-corrected chi connectivity index (χ0v) is 21.5. The van der Waals surface area contributed by atoms with Crippen LogP contribution >= 0.6 is 0 Å². The van der Waals surface area contributed by atoms with E-state index in [1.807, 2.05) is 38.1 Å². The van der Waals surface area contributed by atoms with Crippen molar-refractivity contribution in [2.45, 2.75) is 63.3 Å². The Kier molecular flexibility index (Phi) is 11.1. The lowest BCUT2D eigenvalue weighted by molar-refractivity contribution is -0.278. The Bertz CT molecular complexity index is 999. The number of aromatic amines is 1. The van der Waals surface area contributed by atoms with E-state index >= 15 is 0 Å². The summed E-state index contributed by atoms with van der Waals surface area (Å²) < 4.78 is 17.0. The van der Waals surface area contributed by atoms with Gasteiger partial charge in [-0.15, -0.1) is 5.10 Å². The van der Waals surface area contributed by atoms with Crippen molar-refractivity contribution < 1.29 is 44.5 Å².